The molecule has 4 aromatic rings. The van der Waals surface area contributed by atoms with Crippen LogP contribution in [0.2, 0.25) is 0 Å². The van der Waals surface area contributed by atoms with Crippen LogP contribution in [-0.2, 0) is 17.9 Å². The molecule has 2 aromatic heterocycles. The quantitative estimate of drug-likeness (QED) is 0.362. The third-order valence-electron chi connectivity index (χ3n) is 6.52. The van der Waals surface area contributed by atoms with Crippen LogP contribution in [-0.4, -0.2) is 42.0 Å². The first-order chi connectivity index (χ1) is 17.8. The summed E-state index contributed by atoms with van der Waals surface area (Å²) < 4.78 is 26.6. The molecule has 7 heteroatoms. The predicted octanol–water partition coefficient (Wildman–Crippen LogP) is 5.05. The van der Waals surface area contributed by atoms with Crippen molar-refractivity contribution in [1.29, 1.82) is 0 Å². The highest BCUT2D eigenvalue weighted by Crippen LogP contribution is 2.35. The zero-order valence-electron chi connectivity index (χ0n) is 19.7. The average molecular weight is 481 g/mol. The first kappa shape index (κ1) is 22.4. The van der Waals surface area contributed by atoms with E-state index in [1.807, 2.05) is 60.8 Å². The molecule has 2 aromatic carbocycles. The molecule has 6 rings (SSSR count). The van der Waals surface area contributed by atoms with Crippen molar-refractivity contribution >= 4 is 11.5 Å². The van der Waals surface area contributed by atoms with Crippen molar-refractivity contribution in [3.8, 4) is 16.9 Å². The first-order valence-electron chi connectivity index (χ1n) is 12.0. The molecule has 6 nitrogen and oxygen atoms in total. The Morgan fingerprint density at radius 2 is 1.72 bits per heavy atom. The molecule has 0 N–H and O–H groups in total. The number of benzene rings is 2. The Labute approximate surface area is 209 Å². The molecule has 0 spiro atoms. The highest BCUT2D eigenvalue weighted by atomic mass is 19.1. The number of hydrogen-bond acceptors (Lipinski definition) is 6. The average Bonchev–Trinajstić information content (AvgIpc) is 3.36. The molecule has 0 unspecified atom stereocenters. The monoisotopic (exact) mass is 480 g/mol. The standard InChI is InChI=1S/C29H25FN4O2/c30-29-27(25(9-11-32-29)36-19-20-4-2-1-3-5-20)21-6-7-23-18-33-28(24(23)16-21)22-8-10-31-26(17-22)34-12-14-35-15-13-34/h1-11,16-17H,12-15,18-19H2. The molecule has 1 fully saturated rings. The van der Waals surface area contributed by atoms with E-state index in [2.05, 4.69) is 20.9 Å². The van der Waals surface area contributed by atoms with Gasteiger partial charge in [-0.15, -0.1) is 0 Å². The maximum absolute atomic E-state index is 15.0. The summed E-state index contributed by atoms with van der Waals surface area (Å²) in [5.41, 5.74) is 6.05. The van der Waals surface area contributed by atoms with Gasteiger partial charge in [-0.3, -0.25) is 4.99 Å². The van der Waals surface area contributed by atoms with E-state index in [-0.39, 0.29) is 0 Å². The van der Waals surface area contributed by atoms with E-state index < -0.39 is 5.95 Å². The van der Waals surface area contributed by atoms with Gasteiger partial charge in [-0.25, -0.2) is 9.97 Å². The van der Waals surface area contributed by atoms with Crippen LogP contribution in [0.4, 0.5) is 10.2 Å². The number of morpholine rings is 1. The second kappa shape index (κ2) is 9.87. The molecular weight excluding hydrogens is 455 g/mol. The lowest BCUT2D eigenvalue weighted by molar-refractivity contribution is 0.122. The molecule has 0 radical (unpaired) electrons. The van der Waals surface area contributed by atoms with Gasteiger partial charge >= 0.3 is 0 Å². The van der Waals surface area contributed by atoms with Crippen LogP contribution in [0.3, 0.4) is 0 Å². The van der Waals surface area contributed by atoms with Crippen molar-refractivity contribution in [2.45, 2.75) is 13.2 Å². The molecule has 36 heavy (non-hydrogen) atoms. The van der Waals surface area contributed by atoms with Gasteiger partial charge in [0.05, 0.1) is 31.0 Å². The highest BCUT2D eigenvalue weighted by molar-refractivity contribution is 6.16. The van der Waals surface area contributed by atoms with Gasteiger partial charge < -0.3 is 14.4 Å². The fourth-order valence-corrected chi connectivity index (χ4v) is 4.65. The molecule has 2 aliphatic rings. The highest BCUT2D eigenvalue weighted by Gasteiger charge is 2.22. The number of fused-ring (bicyclic) bond motifs is 1. The van der Waals surface area contributed by atoms with Crippen LogP contribution in [0.25, 0.3) is 11.1 Å². The topological polar surface area (TPSA) is 59.8 Å². The smallest absolute Gasteiger partial charge is 0.224 e. The van der Waals surface area contributed by atoms with Crippen molar-refractivity contribution in [3.63, 3.8) is 0 Å². The Kier molecular flexibility index (Phi) is 6.13. The summed E-state index contributed by atoms with van der Waals surface area (Å²) in [6, 6.07) is 21.5. The lowest BCUT2D eigenvalue weighted by Gasteiger charge is -2.28. The Bertz CT molecular complexity index is 1420. The van der Waals surface area contributed by atoms with Gasteiger partial charge in [0, 0.05) is 36.6 Å². The minimum Gasteiger partial charge on any atom is -0.488 e. The van der Waals surface area contributed by atoms with Gasteiger partial charge in [0.25, 0.3) is 0 Å². The minimum absolute atomic E-state index is 0.344. The molecule has 0 bridgehead atoms. The van der Waals surface area contributed by atoms with Crippen molar-refractivity contribution in [2.75, 3.05) is 31.2 Å². The van der Waals surface area contributed by atoms with Gasteiger partial charge in [0.15, 0.2) is 0 Å². The van der Waals surface area contributed by atoms with Crippen molar-refractivity contribution < 1.29 is 13.9 Å². The molecule has 180 valence electrons. The van der Waals surface area contributed by atoms with Crippen LogP contribution in [0.5, 0.6) is 5.75 Å². The maximum atomic E-state index is 15.0. The van der Waals surface area contributed by atoms with Crippen LogP contribution < -0.4 is 9.64 Å². The molecule has 0 saturated carbocycles. The van der Waals surface area contributed by atoms with Gasteiger partial charge in [-0.05, 0) is 41.0 Å². The van der Waals surface area contributed by atoms with Gasteiger partial charge in [0.1, 0.15) is 18.2 Å². The lowest BCUT2D eigenvalue weighted by atomic mass is 9.95. The second-order valence-corrected chi connectivity index (χ2v) is 8.79. The lowest BCUT2D eigenvalue weighted by Crippen LogP contribution is -2.36. The Morgan fingerprint density at radius 1 is 0.889 bits per heavy atom. The van der Waals surface area contributed by atoms with E-state index in [0.29, 0.717) is 43.2 Å². The van der Waals surface area contributed by atoms with E-state index in [1.165, 1.54) is 6.20 Å². The Balaban J connectivity index is 1.32. The minimum atomic E-state index is -0.560. The largest absolute Gasteiger partial charge is 0.488 e. The van der Waals surface area contributed by atoms with Gasteiger partial charge in [-0.1, -0.05) is 42.5 Å². The van der Waals surface area contributed by atoms with E-state index in [4.69, 9.17) is 14.5 Å². The number of halogens is 1. The number of aromatic nitrogens is 2. The van der Waals surface area contributed by atoms with Gasteiger partial charge in [0.2, 0.25) is 5.95 Å². The zero-order valence-corrected chi connectivity index (χ0v) is 19.7. The Hall–Kier alpha value is -4.10. The molecule has 1 saturated heterocycles. The van der Waals surface area contributed by atoms with E-state index >= 15 is 4.39 Å². The number of ether oxygens (including phenoxy) is 2. The zero-order chi connectivity index (χ0) is 24.3. The molecule has 0 aliphatic carbocycles. The fourth-order valence-electron chi connectivity index (χ4n) is 4.65. The fraction of sp³-hybridized carbons (Fsp3) is 0.207. The summed E-state index contributed by atoms with van der Waals surface area (Å²) in [6.45, 7) is 3.96. The number of rotatable bonds is 6. The van der Waals surface area contributed by atoms with Crippen molar-refractivity contribution in [3.05, 3.63) is 107 Å². The van der Waals surface area contributed by atoms with Crippen LogP contribution >= 0.6 is 0 Å². The van der Waals surface area contributed by atoms with Crippen LogP contribution in [0.15, 0.2) is 84.1 Å². The SMILES string of the molecule is Fc1nccc(OCc2ccccc2)c1-c1ccc2c(c1)C(c1ccnc(N3CCOCC3)c1)=NC2. The Morgan fingerprint density at radius 3 is 2.58 bits per heavy atom. The molecule has 0 amide bonds. The van der Waals surface area contributed by atoms with E-state index in [9.17, 15) is 0 Å². The summed E-state index contributed by atoms with van der Waals surface area (Å²) >= 11 is 0. The van der Waals surface area contributed by atoms with Crippen molar-refractivity contribution in [1.82, 2.24) is 9.97 Å². The first-order valence-corrected chi connectivity index (χ1v) is 12.0. The molecule has 4 heterocycles. The number of aliphatic imine (C=N–C) groups is 1. The van der Waals surface area contributed by atoms with Crippen LogP contribution in [0, 0.1) is 5.95 Å². The summed E-state index contributed by atoms with van der Waals surface area (Å²) in [6.07, 6.45) is 3.25. The summed E-state index contributed by atoms with van der Waals surface area (Å²) in [7, 11) is 0. The van der Waals surface area contributed by atoms with Crippen molar-refractivity contribution in [2.24, 2.45) is 4.99 Å². The van der Waals surface area contributed by atoms with E-state index in [0.717, 1.165) is 46.9 Å². The third-order valence-corrected chi connectivity index (χ3v) is 6.52. The molecular formula is C29H25FN4O2. The summed E-state index contributed by atoms with van der Waals surface area (Å²) in [5.74, 6) is 0.815. The normalized spacial score (nSPS) is 14.9. The number of anilines is 1. The second-order valence-electron chi connectivity index (χ2n) is 8.79. The molecule has 2 aliphatic heterocycles. The summed E-state index contributed by atoms with van der Waals surface area (Å²) in [5, 5.41) is 0. The number of nitrogens with zero attached hydrogens (tertiary/aromatic N) is 4. The number of pyridine rings is 2. The van der Waals surface area contributed by atoms with Gasteiger partial charge in [-0.2, -0.15) is 4.39 Å². The molecule has 0 atom stereocenters. The van der Waals surface area contributed by atoms with E-state index in [1.54, 1.807) is 6.07 Å². The summed E-state index contributed by atoms with van der Waals surface area (Å²) in [4.78, 5) is 15.5. The van der Waals surface area contributed by atoms with Crippen LogP contribution in [0.1, 0.15) is 22.3 Å². The third kappa shape index (κ3) is 4.45. The number of hydrogen-bond donors (Lipinski definition) is 0. The predicted molar refractivity (Wildman–Crippen MR) is 137 cm³/mol. The maximum Gasteiger partial charge on any atom is 0.224 e.